The van der Waals surface area contributed by atoms with E-state index in [1.807, 2.05) is 11.3 Å². The molecule has 5 aromatic carbocycles. The van der Waals surface area contributed by atoms with Crippen molar-refractivity contribution in [3.8, 4) is 21.6 Å². The van der Waals surface area contributed by atoms with Gasteiger partial charge in [-0.05, 0) is 80.8 Å². The van der Waals surface area contributed by atoms with Crippen molar-refractivity contribution in [3.63, 3.8) is 0 Å². The number of benzene rings is 5. The van der Waals surface area contributed by atoms with Crippen molar-refractivity contribution in [2.24, 2.45) is 11.7 Å². The number of fused-ring (bicyclic) bond motifs is 5. The summed E-state index contributed by atoms with van der Waals surface area (Å²) in [6.07, 6.45) is 5.53. The number of nitrogens with two attached hydrogens (primary N) is 2. The molecular weight excluding hydrogens is 504 g/mol. The first-order valence-corrected chi connectivity index (χ1v) is 14.5. The van der Waals surface area contributed by atoms with E-state index in [1.54, 1.807) is 0 Å². The number of aryl methyl sites for hydroxylation is 2. The van der Waals surface area contributed by atoms with Crippen molar-refractivity contribution in [2.45, 2.75) is 19.3 Å². The van der Waals surface area contributed by atoms with Crippen molar-refractivity contribution in [3.05, 3.63) is 161 Å². The van der Waals surface area contributed by atoms with Gasteiger partial charge in [0.1, 0.15) is 0 Å². The summed E-state index contributed by atoms with van der Waals surface area (Å²) < 4.78 is 1.40. The lowest BCUT2D eigenvalue weighted by Crippen LogP contribution is -2.02. The highest BCUT2D eigenvalue weighted by Crippen LogP contribution is 2.46. The Morgan fingerprint density at radius 1 is 0.650 bits per heavy atom. The minimum Gasteiger partial charge on any atom is -0.274 e. The molecule has 0 atom stereocenters. The molecule has 0 aliphatic heterocycles. The molecule has 1 aliphatic rings. The zero-order chi connectivity index (χ0) is 27.3. The fraction of sp³-hybridized carbons (Fsp3) is 0.0811. The number of hydrazine groups is 1. The van der Waals surface area contributed by atoms with Crippen LogP contribution >= 0.6 is 11.3 Å². The van der Waals surface area contributed by atoms with Gasteiger partial charge < -0.3 is 0 Å². The molecule has 196 valence electrons. The fourth-order valence-electron chi connectivity index (χ4n) is 5.79. The summed E-state index contributed by atoms with van der Waals surface area (Å²) in [5.41, 5.74) is 12.1. The largest absolute Gasteiger partial charge is 0.274 e. The van der Waals surface area contributed by atoms with Crippen LogP contribution in [0.15, 0.2) is 133 Å². The van der Waals surface area contributed by atoms with Crippen molar-refractivity contribution in [1.82, 2.24) is 0 Å². The molecule has 7 rings (SSSR count). The zero-order valence-electron chi connectivity index (χ0n) is 22.4. The summed E-state index contributed by atoms with van der Waals surface area (Å²) in [6, 6.07) is 46.4. The molecule has 0 fully saturated rings. The van der Waals surface area contributed by atoms with Gasteiger partial charge in [0.15, 0.2) is 0 Å². The molecule has 2 nitrogen and oxygen atoms in total. The van der Waals surface area contributed by atoms with Crippen molar-refractivity contribution < 1.29 is 0 Å². The van der Waals surface area contributed by atoms with Crippen LogP contribution < -0.4 is 11.7 Å². The molecule has 0 bridgehead atoms. The highest BCUT2D eigenvalue weighted by molar-refractivity contribution is 7.23. The van der Waals surface area contributed by atoms with Crippen LogP contribution in [0.25, 0.3) is 37.2 Å². The molecular formula is C37H32N2S. The second-order valence-corrected chi connectivity index (χ2v) is 11.0. The predicted octanol–water partition coefficient (Wildman–Crippen LogP) is 8.83. The van der Waals surface area contributed by atoms with Gasteiger partial charge in [0, 0.05) is 9.58 Å². The van der Waals surface area contributed by atoms with E-state index >= 15 is 0 Å². The van der Waals surface area contributed by atoms with Crippen LogP contribution in [0.4, 0.5) is 0 Å². The van der Waals surface area contributed by atoms with Gasteiger partial charge >= 0.3 is 0 Å². The molecule has 0 radical (unpaired) electrons. The maximum Gasteiger partial charge on any atom is 0.0430 e. The van der Waals surface area contributed by atoms with E-state index in [-0.39, 0.29) is 0 Å². The van der Waals surface area contributed by atoms with Gasteiger partial charge in [0.25, 0.3) is 0 Å². The molecule has 40 heavy (non-hydrogen) atoms. The van der Waals surface area contributed by atoms with Gasteiger partial charge in [-0.2, -0.15) is 0 Å². The molecule has 3 heteroatoms. The standard InChI is InChI=1S/C37H28S.H4N2/c1-3-11-26(12-4-1)21-23-31(27-13-5-2-6-14-27)29-16-9-17-30(25-29)33-19-10-20-34-35-24-22-28-15-7-8-18-32(28)36(35)38-37(33)34;1-2/h1-20,23,25H,21-22,24H2;1-2H2/b31-23+;. The number of thiophene rings is 1. The summed E-state index contributed by atoms with van der Waals surface area (Å²) >= 11 is 1.97. The van der Waals surface area contributed by atoms with Crippen LogP contribution in [0.1, 0.15) is 27.8 Å². The number of hydrogen-bond acceptors (Lipinski definition) is 3. The van der Waals surface area contributed by atoms with E-state index in [0.29, 0.717) is 0 Å². The summed E-state index contributed by atoms with van der Waals surface area (Å²) in [4.78, 5) is 1.46. The molecule has 0 saturated carbocycles. The second kappa shape index (κ2) is 11.8. The Morgan fingerprint density at radius 2 is 1.32 bits per heavy atom. The molecule has 0 saturated heterocycles. The minimum absolute atomic E-state index is 0.905. The van der Waals surface area contributed by atoms with Crippen LogP contribution in [0.2, 0.25) is 0 Å². The van der Waals surface area contributed by atoms with Gasteiger partial charge in [-0.25, -0.2) is 0 Å². The Labute approximate surface area is 240 Å². The molecule has 6 aromatic rings. The fourth-order valence-corrected chi connectivity index (χ4v) is 7.24. The first-order valence-electron chi connectivity index (χ1n) is 13.7. The lowest BCUT2D eigenvalue weighted by molar-refractivity contribution is 0.957. The summed E-state index contributed by atoms with van der Waals surface area (Å²) in [5.74, 6) is 8.00. The van der Waals surface area contributed by atoms with Gasteiger partial charge in [-0.1, -0.05) is 127 Å². The molecule has 1 heterocycles. The summed E-state index contributed by atoms with van der Waals surface area (Å²) in [5, 5.41) is 1.42. The van der Waals surface area contributed by atoms with E-state index in [1.165, 1.54) is 65.0 Å². The molecule has 1 aromatic heterocycles. The van der Waals surface area contributed by atoms with E-state index in [0.717, 1.165) is 19.3 Å². The first-order chi connectivity index (χ1) is 19.8. The third-order valence-electron chi connectivity index (χ3n) is 7.68. The predicted molar refractivity (Wildman–Crippen MR) is 172 cm³/mol. The summed E-state index contributed by atoms with van der Waals surface area (Å²) in [7, 11) is 0. The van der Waals surface area contributed by atoms with Crippen LogP contribution in [-0.2, 0) is 19.3 Å². The normalized spacial score (nSPS) is 12.3. The lowest BCUT2D eigenvalue weighted by atomic mass is 9.89. The Bertz CT molecular complexity index is 1780. The molecule has 0 unspecified atom stereocenters. The highest BCUT2D eigenvalue weighted by atomic mass is 32.1. The van der Waals surface area contributed by atoms with Crippen molar-refractivity contribution in [1.29, 1.82) is 0 Å². The number of allylic oxidation sites excluding steroid dienone is 1. The highest BCUT2D eigenvalue weighted by Gasteiger charge is 2.22. The zero-order valence-corrected chi connectivity index (χ0v) is 23.2. The second-order valence-electron chi connectivity index (χ2n) is 10.0. The molecule has 0 amide bonds. The maximum absolute atomic E-state index is 4.00. The number of rotatable bonds is 5. The third kappa shape index (κ3) is 5.03. The topological polar surface area (TPSA) is 52.0 Å². The Morgan fingerprint density at radius 3 is 2.15 bits per heavy atom. The average molecular weight is 537 g/mol. The molecule has 0 spiro atoms. The van der Waals surface area contributed by atoms with Gasteiger partial charge in [-0.3, -0.25) is 11.7 Å². The Kier molecular flexibility index (Phi) is 7.69. The van der Waals surface area contributed by atoms with Gasteiger partial charge in [0.05, 0.1) is 0 Å². The molecule has 1 aliphatic carbocycles. The summed E-state index contributed by atoms with van der Waals surface area (Å²) in [6.45, 7) is 0. The van der Waals surface area contributed by atoms with E-state index < -0.39 is 0 Å². The van der Waals surface area contributed by atoms with Crippen molar-refractivity contribution in [2.75, 3.05) is 0 Å². The van der Waals surface area contributed by atoms with Gasteiger partial charge in [-0.15, -0.1) is 11.3 Å². The minimum atomic E-state index is 0.905. The van der Waals surface area contributed by atoms with E-state index in [2.05, 4.69) is 145 Å². The molecule has 4 N–H and O–H groups in total. The van der Waals surface area contributed by atoms with Gasteiger partial charge in [0.2, 0.25) is 0 Å². The first kappa shape index (κ1) is 26.0. The van der Waals surface area contributed by atoms with E-state index in [4.69, 9.17) is 0 Å². The lowest BCUT2D eigenvalue weighted by Gasteiger charge is -2.15. The SMILES string of the molecule is C(/Cc1ccccc1)=C(/c1ccccc1)c1cccc(-c2cccc3c4c(sc23)-c2ccccc2CC4)c1.NN. The monoisotopic (exact) mass is 536 g/mol. The van der Waals surface area contributed by atoms with E-state index in [9.17, 15) is 0 Å². The van der Waals surface area contributed by atoms with Crippen LogP contribution in [0, 0.1) is 0 Å². The van der Waals surface area contributed by atoms with Crippen LogP contribution in [0.3, 0.4) is 0 Å². The Hall–Kier alpha value is -4.28. The third-order valence-corrected chi connectivity index (χ3v) is 8.99. The maximum atomic E-state index is 4.00. The van der Waals surface area contributed by atoms with Crippen molar-refractivity contribution >= 4 is 27.0 Å². The van der Waals surface area contributed by atoms with Crippen LogP contribution in [-0.4, -0.2) is 0 Å². The average Bonchev–Trinajstić information content (AvgIpc) is 3.43. The quantitative estimate of drug-likeness (QED) is 0.171. The Balaban J connectivity index is 0.00000142. The number of hydrogen-bond donors (Lipinski definition) is 2. The van der Waals surface area contributed by atoms with Crippen LogP contribution in [0.5, 0.6) is 0 Å². The smallest absolute Gasteiger partial charge is 0.0430 e.